The third-order valence-corrected chi connectivity index (χ3v) is 3.97. The number of hydrazine groups is 1. The zero-order valence-corrected chi connectivity index (χ0v) is 15.0. The summed E-state index contributed by atoms with van der Waals surface area (Å²) in [6, 6.07) is 16.4. The Balaban J connectivity index is 1.82. The molecule has 0 radical (unpaired) electrons. The minimum atomic E-state index is -0.813. The molecule has 1 aromatic heterocycles. The first kappa shape index (κ1) is 18.3. The van der Waals surface area contributed by atoms with Crippen molar-refractivity contribution in [2.75, 3.05) is 0 Å². The van der Waals surface area contributed by atoms with Crippen molar-refractivity contribution in [2.45, 2.75) is 6.92 Å². The molecule has 0 bridgehead atoms. The van der Waals surface area contributed by atoms with E-state index in [1.807, 2.05) is 0 Å². The van der Waals surface area contributed by atoms with Gasteiger partial charge in [0.2, 0.25) is 5.43 Å². The van der Waals surface area contributed by atoms with Crippen LogP contribution in [0.3, 0.4) is 0 Å². The Hall–Kier alpha value is -3.45. The largest absolute Gasteiger partial charge is 0.294 e. The molecule has 0 saturated carbocycles. The number of rotatable bonds is 3. The molecular formula is C19H15ClN4O3. The monoisotopic (exact) mass is 382 g/mol. The van der Waals surface area contributed by atoms with Gasteiger partial charge in [0.25, 0.3) is 11.8 Å². The maximum Gasteiger partial charge on any atom is 0.294 e. The Labute approximate surface area is 159 Å². The fourth-order valence-corrected chi connectivity index (χ4v) is 2.51. The lowest BCUT2D eigenvalue weighted by Gasteiger charge is -2.12. The van der Waals surface area contributed by atoms with Gasteiger partial charge in [-0.3, -0.25) is 25.2 Å². The van der Waals surface area contributed by atoms with Gasteiger partial charge in [0, 0.05) is 22.3 Å². The van der Waals surface area contributed by atoms with E-state index >= 15 is 0 Å². The summed E-state index contributed by atoms with van der Waals surface area (Å²) in [5, 5.41) is 4.67. The Morgan fingerprint density at radius 2 is 1.59 bits per heavy atom. The van der Waals surface area contributed by atoms with Gasteiger partial charge in [0.1, 0.15) is 0 Å². The number of aromatic nitrogens is 2. The predicted molar refractivity (Wildman–Crippen MR) is 101 cm³/mol. The Bertz CT molecular complexity index is 1050. The standard InChI is InChI=1S/C19H15ClN4O3/c1-12-11-16(25)17(23-24(12)15-9-7-14(20)8-10-15)19(27)22-21-18(26)13-5-3-2-4-6-13/h2-11H,1H3,(H,21,26)(H,22,27). The van der Waals surface area contributed by atoms with Gasteiger partial charge in [-0.15, -0.1) is 0 Å². The first-order chi connectivity index (χ1) is 13.0. The quantitative estimate of drug-likeness (QED) is 0.679. The number of halogens is 1. The first-order valence-electron chi connectivity index (χ1n) is 7.98. The van der Waals surface area contributed by atoms with Crippen molar-refractivity contribution in [3.05, 3.63) is 92.9 Å². The molecule has 0 unspecified atom stereocenters. The van der Waals surface area contributed by atoms with E-state index in [-0.39, 0.29) is 5.69 Å². The number of nitrogens with one attached hydrogen (secondary N) is 2. The highest BCUT2D eigenvalue weighted by molar-refractivity contribution is 6.30. The number of hydrogen-bond donors (Lipinski definition) is 2. The lowest BCUT2D eigenvalue weighted by molar-refractivity contribution is 0.0842. The number of carbonyl (C=O) groups is 2. The van der Waals surface area contributed by atoms with E-state index in [4.69, 9.17) is 11.6 Å². The Kier molecular flexibility index (Phi) is 5.33. The molecule has 27 heavy (non-hydrogen) atoms. The average molecular weight is 383 g/mol. The predicted octanol–water partition coefficient (Wildman–Crippen LogP) is 2.27. The van der Waals surface area contributed by atoms with Crippen LogP contribution in [0.4, 0.5) is 0 Å². The maximum atomic E-state index is 12.3. The van der Waals surface area contributed by atoms with Gasteiger partial charge < -0.3 is 0 Å². The second-order valence-electron chi connectivity index (χ2n) is 5.66. The Morgan fingerprint density at radius 1 is 0.963 bits per heavy atom. The van der Waals surface area contributed by atoms with E-state index in [0.717, 1.165) is 0 Å². The highest BCUT2D eigenvalue weighted by Gasteiger charge is 2.16. The molecule has 0 aliphatic heterocycles. The molecule has 0 fully saturated rings. The molecule has 0 aliphatic rings. The van der Waals surface area contributed by atoms with E-state index in [1.165, 1.54) is 10.7 Å². The zero-order valence-electron chi connectivity index (χ0n) is 14.3. The summed E-state index contributed by atoms with van der Waals surface area (Å²) < 4.78 is 1.45. The first-order valence-corrected chi connectivity index (χ1v) is 8.36. The average Bonchev–Trinajstić information content (AvgIpc) is 2.67. The summed E-state index contributed by atoms with van der Waals surface area (Å²) >= 11 is 5.88. The van der Waals surface area contributed by atoms with Crippen molar-refractivity contribution < 1.29 is 9.59 Å². The maximum absolute atomic E-state index is 12.3. The van der Waals surface area contributed by atoms with E-state index < -0.39 is 17.2 Å². The molecule has 0 spiro atoms. The minimum absolute atomic E-state index is 0.344. The number of amides is 2. The summed E-state index contributed by atoms with van der Waals surface area (Å²) in [7, 11) is 0. The van der Waals surface area contributed by atoms with Gasteiger partial charge in [0.15, 0.2) is 5.69 Å². The SMILES string of the molecule is Cc1cc(=O)c(C(=O)NNC(=O)c2ccccc2)nn1-c1ccc(Cl)cc1. The van der Waals surface area contributed by atoms with Gasteiger partial charge in [0.05, 0.1) is 5.69 Å². The van der Waals surface area contributed by atoms with E-state index in [0.29, 0.717) is 22.0 Å². The van der Waals surface area contributed by atoms with Crippen LogP contribution >= 0.6 is 11.6 Å². The summed E-state index contributed by atoms with van der Waals surface area (Å²) in [5.41, 5.74) is 5.13. The van der Waals surface area contributed by atoms with Gasteiger partial charge in [-0.05, 0) is 43.3 Å². The summed E-state index contributed by atoms with van der Waals surface area (Å²) in [5.74, 6) is -1.32. The molecule has 0 atom stereocenters. The normalized spacial score (nSPS) is 10.3. The molecule has 2 aromatic carbocycles. The third-order valence-electron chi connectivity index (χ3n) is 3.72. The number of aryl methyl sites for hydroxylation is 1. The van der Waals surface area contributed by atoms with Crippen LogP contribution in [0.2, 0.25) is 5.02 Å². The van der Waals surface area contributed by atoms with Crippen molar-refractivity contribution in [3.63, 3.8) is 0 Å². The van der Waals surface area contributed by atoms with Gasteiger partial charge in [-0.1, -0.05) is 29.8 Å². The van der Waals surface area contributed by atoms with Crippen LogP contribution in [0.1, 0.15) is 26.5 Å². The topological polar surface area (TPSA) is 93.1 Å². The lowest BCUT2D eigenvalue weighted by atomic mass is 10.2. The highest BCUT2D eigenvalue weighted by atomic mass is 35.5. The molecular weight excluding hydrogens is 368 g/mol. The summed E-state index contributed by atoms with van der Waals surface area (Å²) in [6.45, 7) is 1.70. The summed E-state index contributed by atoms with van der Waals surface area (Å²) in [4.78, 5) is 36.5. The van der Waals surface area contributed by atoms with E-state index in [9.17, 15) is 14.4 Å². The number of hydrogen-bond acceptors (Lipinski definition) is 4. The molecule has 2 N–H and O–H groups in total. The Morgan fingerprint density at radius 3 is 2.26 bits per heavy atom. The molecule has 7 nitrogen and oxygen atoms in total. The minimum Gasteiger partial charge on any atom is -0.287 e. The smallest absolute Gasteiger partial charge is 0.287 e. The molecule has 3 aromatic rings. The summed E-state index contributed by atoms with van der Waals surface area (Å²) in [6.07, 6.45) is 0. The number of carbonyl (C=O) groups excluding carboxylic acids is 2. The fourth-order valence-electron chi connectivity index (χ4n) is 2.38. The molecule has 0 saturated heterocycles. The van der Waals surface area contributed by atoms with Crippen LogP contribution in [-0.4, -0.2) is 21.6 Å². The molecule has 0 aliphatic carbocycles. The number of benzene rings is 2. The second kappa shape index (κ2) is 7.84. The van der Waals surface area contributed by atoms with Gasteiger partial charge in [-0.2, -0.15) is 5.10 Å². The van der Waals surface area contributed by atoms with E-state index in [1.54, 1.807) is 61.5 Å². The van der Waals surface area contributed by atoms with Crippen LogP contribution in [0.5, 0.6) is 0 Å². The molecule has 3 rings (SSSR count). The van der Waals surface area contributed by atoms with Crippen molar-refractivity contribution in [2.24, 2.45) is 0 Å². The second-order valence-corrected chi connectivity index (χ2v) is 6.10. The van der Waals surface area contributed by atoms with Crippen molar-refractivity contribution in [1.29, 1.82) is 0 Å². The lowest BCUT2D eigenvalue weighted by Crippen LogP contribution is -2.44. The molecule has 1 heterocycles. The molecule has 2 amide bonds. The fraction of sp³-hybridized carbons (Fsp3) is 0.0526. The van der Waals surface area contributed by atoms with Gasteiger partial charge >= 0.3 is 0 Å². The van der Waals surface area contributed by atoms with Crippen LogP contribution in [0.15, 0.2) is 65.5 Å². The molecule has 136 valence electrons. The number of nitrogens with zero attached hydrogens (tertiary/aromatic N) is 2. The van der Waals surface area contributed by atoms with E-state index in [2.05, 4.69) is 16.0 Å². The van der Waals surface area contributed by atoms with Crippen molar-refractivity contribution in [3.8, 4) is 5.69 Å². The zero-order chi connectivity index (χ0) is 19.4. The van der Waals surface area contributed by atoms with Crippen LogP contribution < -0.4 is 16.3 Å². The highest BCUT2D eigenvalue weighted by Crippen LogP contribution is 2.13. The van der Waals surface area contributed by atoms with Crippen LogP contribution in [-0.2, 0) is 0 Å². The van der Waals surface area contributed by atoms with Crippen LogP contribution in [0, 0.1) is 6.92 Å². The third kappa shape index (κ3) is 4.21. The van der Waals surface area contributed by atoms with Crippen LogP contribution in [0.25, 0.3) is 5.69 Å². The molecule has 8 heteroatoms. The van der Waals surface area contributed by atoms with Crippen molar-refractivity contribution in [1.82, 2.24) is 20.6 Å². The van der Waals surface area contributed by atoms with Crippen molar-refractivity contribution >= 4 is 23.4 Å². The van der Waals surface area contributed by atoms with Gasteiger partial charge in [-0.25, -0.2) is 4.68 Å².